The van der Waals surface area contributed by atoms with Gasteiger partial charge in [-0.15, -0.1) is 0 Å². The molecule has 0 fully saturated rings. The van der Waals surface area contributed by atoms with Crippen molar-refractivity contribution in [2.45, 2.75) is 13.5 Å². The molecule has 2 N–H and O–H groups in total. The lowest BCUT2D eigenvalue weighted by atomic mass is 10.2. The Bertz CT molecular complexity index is 1010. The lowest BCUT2D eigenvalue weighted by Gasteiger charge is -2.11. The molecule has 1 amide bonds. The molecule has 5 nitrogen and oxygen atoms in total. The van der Waals surface area contributed by atoms with Crippen LogP contribution >= 0.6 is 11.6 Å². The van der Waals surface area contributed by atoms with Gasteiger partial charge in [0.15, 0.2) is 0 Å². The number of hydrogen-bond donors (Lipinski definition) is 2. The van der Waals surface area contributed by atoms with Crippen LogP contribution in [0.15, 0.2) is 60.7 Å². The summed E-state index contributed by atoms with van der Waals surface area (Å²) in [4.78, 5) is 16.5. The van der Waals surface area contributed by atoms with Crippen LogP contribution in [0.4, 0.5) is 11.4 Å². The highest BCUT2D eigenvalue weighted by Crippen LogP contribution is 2.26. The normalized spacial score (nSPS) is 10.1. The van der Waals surface area contributed by atoms with Crippen molar-refractivity contribution in [3.8, 4) is 6.07 Å². The third-order valence-corrected chi connectivity index (χ3v) is 4.30. The van der Waals surface area contributed by atoms with Crippen LogP contribution in [0.5, 0.6) is 0 Å². The number of pyridine rings is 1. The van der Waals surface area contributed by atoms with Crippen LogP contribution in [0.1, 0.15) is 27.3 Å². The first-order valence-corrected chi connectivity index (χ1v) is 8.71. The average Bonchev–Trinajstić information content (AvgIpc) is 2.68. The second-order valence-corrected chi connectivity index (χ2v) is 6.34. The molecule has 27 heavy (non-hydrogen) atoms. The van der Waals surface area contributed by atoms with E-state index in [1.54, 1.807) is 25.1 Å². The second kappa shape index (κ2) is 8.35. The number of carbonyl (C=O) groups excluding carboxylic acids is 1. The van der Waals surface area contributed by atoms with Crippen molar-refractivity contribution in [3.05, 3.63) is 88.2 Å². The van der Waals surface area contributed by atoms with Crippen LogP contribution in [0.2, 0.25) is 5.02 Å². The molecule has 0 atom stereocenters. The van der Waals surface area contributed by atoms with Crippen LogP contribution in [0.25, 0.3) is 0 Å². The van der Waals surface area contributed by atoms with Crippen LogP contribution in [-0.2, 0) is 6.54 Å². The third-order valence-electron chi connectivity index (χ3n) is 3.99. The molecule has 3 aromatic rings. The Labute approximate surface area is 162 Å². The average molecular weight is 377 g/mol. The molecular weight excluding hydrogens is 360 g/mol. The zero-order valence-electron chi connectivity index (χ0n) is 14.7. The molecule has 0 aliphatic rings. The predicted molar refractivity (Wildman–Crippen MR) is 107 cm³/mol. The highest BCUT2D eigenvalue weighted by molar-refractivity contribution is 6.33. The molecule has 134 valence electrons. The number of anilines is 2. The monoisotopic (exact) mass is 376 g/mol. The van der Waals surface area contributed by atoms with Crippen molar-refractivity contribution in [2.75, 3.05) is 10.6 Å². The summed E-state index contributed by atoms with van der Waals surface area (Å²) in [5.41, 5.74) is 3.71. The van der Waals surface area contributed by atoms with E-state index in [0.29, 0.717) is 28.5 Å². The van der Waals surface area contributed by atoms with E-state index in [4.69, 9.17) is 16.9 Å². The first-order chi connectivity index (χ1) is 13.1. The molecule has 3 rings (SSSR count). The minimum absolute atomic E-state index is 0.244. The van der Waals surface area contributed by atoms with Gasteiger partial charge in [0, 0.05) is 12.2 Å². The molecule has 0 aliphatic carbocycles. The van der Waals surface area contributed by atoms with Crippen LogP contribution in [0, 0.1) is 18.3 Å². The topological polar surface area (TPSA) is 77.8 Å². The van der Waals surface area contributed by atoms with Gasteiger partial charge in [0.2, 0.25) is 0 Å². The molecule has 2 aromatic carbocycles. The second-order valence-electron chi connectivity index (χ2n) is 5.93. The van der Waals surface area contributed by atoms with Crippen molar-refractivity contribution < 1.29 is 4.79 Å². The largest absolute Gasteiger partial charge is 0.380 e. The van der Waals surface area contributed by atoms with Crippen molar-refractivity contribution in [2.24, 2.45) is 0 Å². The molecule has 0 aliphatic heterocycles. The minimum atomic E-state index is -0.358. The number of carbonyl (C=O) groups is 1. The van der Waals surface area contributed by atoms with Gasteiger partial charge in [0.25, 0.3) is 5.91 Å². The standard InChI is InChI=1S/C21H17ClN4O/c1-14-16(12-23)7-9-20(25-14)21(27)26-17-8-10-19(18(22)11-17)24-13-15-5-3-2-4-6-15/h2-11,24H,13H2,1H3,(H,26,27). The number of nitrogens with zero attached hydrogens (tertiary/aromatic N) is 2. The van der Waals surface area contributed by atoms with Crippen LogP contribution in [-0.4, -0.2) is 10.9 Å². The number of nitrogens with one attached hydrogen (secondary N) is 2. The maximum absolute atomic E-state index is 12.4. The number of benzene rings is 2. The summed E-state index contributed by atoms with van der Waals surface area (Å²) < 4.78 is 0. The van der Waals surface area contributed by atoms with Gasteiger partial charge in [-0.1, -0.05) is 41.9 Å². The summed E-state index contributed by atoms with van der Waals surface area (Å²) in [5, 5.41) is 15.5. The zero-order valence-corrected chi connectivity index (χ0v) is 15.4. The molecular formula is C21H17ClN4O. The van der Waals surface area contributed by atoms with E-state index in [-0.39, 0.29) is 11.6 Å². The van der Waals surface area contributed by atoms with E-state index in [9.17, 15) is 4.79 Å². The van der Waals surface area contributed by atoms with Gasteiger partial charge < -0.3 is 10.6 Å². The van der Waals surface area contributed by atoms with E-state index < -0.39 is 0 Å². The van der Waals surface area contributed by atoms with Crippen molar-refractivity contribution in [1.29, 1.82) is 5.26 Å². The smallest absolute Gasteiger partial charge is 0.274 e. The predicted octanol–water partition coefficient (Wildman–Crippen LogP) is 4.78. The Hall–Kier alpha value is -3.36. The lowest BCUT2D eigenvalue weighted by molar-refractivity contribution is 0.102. The summed E-state index contributed by atoms with van der Waals surface area (Å²) in [6, 6.07) is 20.4. The van der Waals surface area contributed by atoms with E-state index in [2.05, 4.69) is 15.6 Å². The van der Waals surface area contributed by atoms with E-state index >= 15 is 0 Å². The van der Waals surface area contributed by atoms with Gasteiger partial charge in [0.1, 0.15) is 11.8 Å². The highest BCUT2D eigenvalue weighted by atomic mass is 35.5. The number of hydrogen-bond acceptors (Lipinski definition) is 4. The third kappa shape index (κ3) is 4.63. The number of aromatic nitrogens is 1. The number of amides is 1. The van der Waals surface area contributed by atoms with E-state index in [0.717, 1.165) is 11.3 Å². The SMILES string of the molecule is Cc1nc(C(=O)Nc2ccc(NCc3ccccc3)c(Cl)c2)ccc1C#N. The van der Waals surface area contributed by atoms with E-state index in [1.807, 2.05) is 42.5 Å². The summed E-state index contributed by atoms with van der Waals surface area (Å²) in [6.07, 6.45) is 0. The molecule has 0 spiro atoms. The fourth-order valence-electron chi connectivity index (χ4n) is 2.53. The maximum atomic E-state index is 12.4. The molecule has 0 saturated heterocycles. The van der Waals surface area contributed by atoms with Gasteiger partial charge in [-0.2, -0.15) is 5.26 Å². The molecule has 0 bridgehead atoms. The zero-order chi connectivity index (χ0) is 19.2. The van der Waals surface area contributed by atoms with Crippen molar-refractivity contribution in [1.82, 2.24) is 4.98 Å². The number of halogens is 1. The summed E-state index contributed by atoms with van der Waals surface area (Å²) in [6.45, 7) is 2.35. The quantitative estimate of drug-likeness (QED) is 0.671. The van der Waals surface area contributed by atoms with Gasteiger partial charge in [-0.05, 0) is 42.8 Å². The van der Waals surface area contributed by atoms with Crippen LogP contribution in [0.3, 0.4) is 0 Å². The fraction of sp³-hybridized carbons (Fsp3) is 0.0952. The Kier molecular flexibility index (Phi) is 5.70. The number of aryl methyl sites for hydroxylation is 1. The molecule has 1 aromatic heterocycles. The van der Waals surface area contributed by atoms with Gasteiger partial charge in [-0.3, -0.25) is 4.79 Å². The Morgan fingerprint density at radius 1 is 1.15 bits per heavy atom. The molecule has 0 saturated carbocycles. The number of nitriles is 1. The first-order valence-electron chi connectivity index (χ1n) is 8.33. The highest BCUT2D eigenvalue weighted by Gasteiger charge is 2.11. The van der Waals surface area contributed by atoms with Crippen LogP contribution < -0.4 is 10.6 Å². The minimum Gasteiger partial charge on any atom is -0.380 e. The summed E-state index contributed by atoms with van der Waals surface area (Å²) in [5.74, 6) is -0.358. The summed E-state index contributed by atoms with van der Waals surface area (Å²) in [7, 11) is 0. The van der Waals surface area contributed by atoms with Gasteiger partial charge >= 0.3 is 0 Å². The Balaban J connectivity index is 1.67. The fourth-order valence-corrected chi connectivity index (χ4v) is 2.78. The van der Waals surface area contributed by atoms with Gasteiger partial charge in [-0.25, -0.2) is 4.98 Å². The Morgan fingerprint density at radius 2 is 1.93 bits per heavy atom. The molecule has 0 unspecified atom stereocenters. The van der Waals surface area contributed by atoms with Crippen molar-refractivity contribution in [3.63, 3.8) is 0 Å². The van der Waals surface area contributed by atoms with E-state index in [1.165, 1.54) is 6.07 Å². The molecule has 1 heterocycles. The maximum Gasteiger partial charge on any atom is 0.274 e. The molecule has 6 heteroatoms. The number of rotatable bonds is 5. The van der Waals surface area contributed by atoms with Crippen molar-refractivity contribution >= 4 is 28.9 Å². The molecule has 0 radical (unpaired) electrons. The lowest BCUT2D eigenvalue weighted by Crippen LogP contribution is -2.14. The Morgan fingerprint density at radius 3 is 2.59 bits per heavy atom. The van der Waals surface area contributed by atoms with Gasteiger partial charge in [0.05, 0.1) is 22.0 Å². The first kappa shape index (κ1) is 18.4. The summed E-state index contributed by atoms with van der Waals surface area (Å²) >= 11 is 6.32.